The van der Waals surface area contributed by atoms with Gasteiger partial charge in [0.15, 0.2) is 0 Å². The number of nitrogens with zero attached hydrogens (tertiary/aromatic N) is 2. The van der Waals surface area contributed by atoms with Gasteiger partial charge in [0.25, 0.3) is 0 Å². The topological polar surface area (TPSA) is 68.2 Å². The van der Waals surface area contributed by atoms with Crippen LogP contribution in [0.3, 0.4) is 0 Å². The van der Waals surface area contributed by atoms with Gasteiger partial charge in [0.05, 0.1) is 12.6 Å². The van der Waals surface area contributed by atoms with Gasteiger partial charge in [-0.3, -0.25) is 9.69 Å². The van der Waals surface area contributed by atoms with E-state index in [1.165, 1.54) is 0 Å². The van der Waals surface area contributed by atoms with Crippen LogP contribution in [-0.4, -0.2) is 49.1 Å². The summed E-state index contributed by atoms with van der Waals surface area (Å²) in [5.41, 5.74) is 0. The minimum atomic E-state index is -0.184. The fourth-order valence-electron chi connectivity index (χ4n) is 1.61. The van der Waals surface area contributed by atoms with E-state index in [1.54, 1.807) is 0 Å². The lowest BCUT2D eigenvalue weighted by Gasteiger charge is -2.31. The lowest BCUT2D eigenvalue weighted by Crippen LogP contribution is -2.53. The highest BCUT2D eigenvalue weighted by Crippen LogP contribution is 2.01. The molecule has 0 aromatic heterocycles. The lowest BCUT2D eigenvalue weighted by atomic mass is 10.2. The zero-order chi connectivity index (χ0) is 11.3. The third-order valence-electron chi connectivity index (χ3n) is 2.30. The molecular weight excluding hydrogens is 192 g/mol. The van der Waals surface area contributed by atoms with E-state index in [0.717, 1.165) is 13.1 Å². The summed E-state index contributed by atoms with van der Waals surface area (Å²) in [4.78, 5) is 13.4. The molecule has 1 atom stereocenters. The highest BCUT2D eigenvalue weighted by atomic mass is 16.2. The van der Waals surface area contributed by atoms with Gasteiger partial charge in [-0.15, -0.1) is 0 Å². The van der Waals surface area contributed by atoms with Crippen LogP contribution in [0.2, 0.25) is 0 Å². The van der Waals surface area contributed by atoms with Gasteiger partial charge in [0, 0.05) is 25.7 Å². The van der Waals surface area contributed by atoms with E-state index in [1.807, 2.05) is 18.7 Å². The summed E-state index contributed by atoms with van der Waals surface area (Å²) >= 11 is 0. The predicted molar refractivity (Wildman–Crippen MR) is 57.1 cm³/mol. The van der Waals surface area contributed by atoms with Crippen LogP contribution < -0.4 is 10.6 Å². The van der Waals surface area contributed by atoms with Crippen molar-refractivity contribution >= 4 is 5.91 Å². The summed E-state index contributed by atoms with van der Waals surface area (Å²) < 4.78 is 0. The molecule has 1 fully saturated rings. The third-order valence-corrected chi connectivity index (χ3v) is 2.30. The molecule has 0 radical (unpaired) electrons. The molecule has 1 heterocycles. The van der Waals surface area contributed by atoms with Crippen molar-refractivity contribution in [3.8, 4) is 6.07 Å². The highest BCUT2D eigenvalue weighted by molar-refractivity contribution is 5.78. The van der Waals surface area contributed by atoms with Crippen LogP contribution in [0.15, 0.2) is 0 Å². The molecule has 0 aromatic rings. The summed E-state index contributed by atoms with van der Waals surface area (Å²) in [6.45, 7) is 6.41. The smallest absolute Gasteiger partial charge is 0.234 e. The third kappa shape index (κ3) is 3.86. The highest BCUT2D eigenvalue weighted by Gasteiger charge is 2.23. The molecule has 1 amide bonds. The van der Waals surface area contributed by atoms with E-state index in [4.69, 9.17) is 5.26 Å². The Morgan fingerprint density at radius 1 is 1.73 bits per heavy atom. The number of hydrogen-bond donors (Lipinski definition) is 2. The number of rotatable bonds is 3. The maximum Gasteiger partial charge on any atom is 0.234 e. The van der Waals surface area contributed by atoms with Crippen LogP contribution >= 0.6 is 0 Å². The van der Waals surface area contributed by atoms with Gasteiger partial charge >= 0.3 is 0 Å². The van der Waals surface area contributed by atoms with E-state index in [9.17, 15) is 4.79 Å². The number of amides is 1. The number of carbonyl (C=O) groups is 1. The van der Waals surface area contributed by atoms with Gasteiger partial charge < -0.3 is 10.6 Å². The summed E-state index contributed by atoms with van der Waals surface area (Å²) in [6, 6.07) is 2.17. The van der Waals surface area contributed by atoms with Gasteiger partial charge in [0.1, 0.15) is 6.04 Å². The fourth-order valence-corrected chi connectivity index (χ4v) is 1.61. The molecule has 1 unspecified atom stereocenters. The van der Waals surface area contributed by atoms with E-state index in [0.29, 0.717) is 13.1 Å². The van der Waals surface area contributed by atoms with E-state index in [2.05, 4.69) is 16.7 Å². The molecule has 2 N–H and O–H groups in total. The van der Waals surface area contributed by atoms with Crippen LogP contribution in [0, 0.1) is 11.3 Å². The second kappa shape index (κ2) is 5.69. The SMILES string of the molecule is CC(C)NC(=O)CN1CCNCC1C#N. The Hall–Kier alpha value is -1.12. The van der Waals surface area contributed by atoms with Crippen LogP contribution in [0.25, 0.3) is 0 Å². The van der Waals surface area contributed by atoms with Gasteiger partial charge in [-0.1, -0.05) is 0 Å². The Labute approximate surface area is 90.4 Å². The molecule has 0 aromatic carbocycles. The molecule has 0 saturated carbocycles. The molecule has 0 spiro atoms. The molecule has 84 valence electrons. The van der Waals surface area contributed by atoms with Crippen molar-refractivity contribution in [2.24, 2.45) is 0 Å². The zero-order valence-electron chi connectivity index (χ0n) is 9.29. The van der Waals surface area contributed by atoms with Gasteiger partial charge in [0.2, 0.25) is 5.91 Å². The van der Waals surface area contributed by atoms with Crippen molar-refractivity contribution in [1.82, 2.24) is 15.5 Å². The lowest BCUT2D eigenvalue weighted by molar-refractivity contribution is -0.123. The number of carbonyl (C=O) groups excluding carboxylic acids is 1. The van der Waals surface area contributed by atoms with Gasteiger partial charge in [-0.05, 0) is 13.8 Å². The van der Waals surface area contributed by atoms with Crippen molar-refractivity contribution < 1.29 is 4.79 Å². The molecule has 1 rings (SSSR count). The Morgan fingerprint density at radius 2 is 2.47 bits per heavy atom. The second-order valence-electron chi connectivity index (χ2n) is 4.04. The molecule has 1 aliphatic heterocycles. The summed E-state index contributed by atoms with van der Waals surface area (Å²) in [5, 5.41) is 14.9. The first-order valence-electron chi connectivity index (χ1n) is 5.27. The van der Waals surface area contributed by atoms with Crippen molar-refractivity contribution in [2.75, 3.05) is 26.2 Å². The maximum absolute atomic E-state index is 11.5. The molecule has 5 heteroatoms. The average molecular weight is 210 g/mol. The summed E-state index contributed by atoms with van der Waals surface area (Å²) in [7, 11) is 0. The minimum absolute atomic E-state index is 0.00727. The van der Waals surface area contributed by atoms with Gasteiger partial charge in [-0.2, -0.15) is 5.26 Å². The van der Waals surface area contributed by atoms with Crippen LogP contribution in [0.4, 0.5) is 0 Å². The van der Waals surface area contributed by atoms with E-state index in [-0.39, 0.29) is 18.0 Å². The first-order chi connectivity index (χ1) is 7.13. The quantitative estimate of drug-likeness (QED) is 0.647. The van der Waals surface area contributed by atoms with E-state index < -0.39 is 0 Å². The summed E-state index contributed by atoms with van der Waals surface area (Å²) in [6.07, 6.45) is 0. The predicted octanol–water partition coefficient (Wildman–Crippen LogP) is -0.692. The Morgan fingerprint density at radius 3 is 3.07 bits per heavy atom. The maximum atomic E-state index is 11.5. The largest absolute Gasteiger partial charge is 0.353 e. The van der Waals surface area contributed by atoms with Crippen molar-refractivity contribution in [1.29, 1.82) is 5.26 Å². The molecular formula is C10H18N4O. The molecule has 1 saturated heterocycles. The second-order valence-corrected chi connectivity index (χ2v) is 4.04. The zero-order valence-corrected chi connectivity index (χ0v) is 9.29. The van der Waals surface area contributed by atoms with Crippen LogP contribution in [-0.2, 0) is 4.79 Å². The summed E-state index contributed by atoms with van der Waals surface area (Å²) in [5.74, 6) is -0.00727. The molecule has 0 aliphatic carbocycles. The molecule has 1 aliphatic rings. The minimum Gasteiger partial charge on any atom is -0.353 e. The first kappa shape index (κ1) is 12.0. The van der Waals surface area contributed by atoms with E-state index >= 15 is 0 Å². The monoisotopic (exact) mass is 210 g/mol. The number of hydrogen-bond acceptors (Lipinski definition) is 4. The fraction of sp³-hybridized carbons (Fsp3) is 0.800. The Bertz CT molecular complexity index is 259. The number of nitriles is 1. The molecule has 5 nitrogen and oxygen atoms in total. The normalized spacial score (nSPS) is 22.4. The Balaban J connectivity index is 2.42. The van der Waals surface area contributed by atoms with Crippen molar-refractivity contribution in [3.05, 3.63) is 0 Å². The van der Waals surface area contributed by atoms with Crippen molar-refractivity contribution in [3.63, 3.8) is 0 Å². The standard InChI is InChI=1S/C10H18N4O/c1-8(2)13-10(15)7-14-4-3-12-6-9(14)5-11/h8-9,12H,3-4,6-7H2,1-2H3,(H,13,15). The molecule has 0 bridgehead atoms. The number of nitrogens with one attached hydrogen (secondary N) is 2. The first-order valence-corrected chi connectivity index (χ1v) is 5.27. The van der Waals surface area contributed by atoms with Crippen LogP contribution in [0.5, 0.6) is 0 Å². The average Bonchev–Trinajstić information content (AvgIpc) is 2.17. The van der Waals surface area contributed by atoms with Crippen LogP contribution in [0.1, 0.15) is 13.8 Å². The number of piperazine rings is 1. The molecule has 15 heavy (non-hydrogen) atoms. The van der Waals surface area contributed by atoms with Gasteiger partial charge in [-0.25, -0.2) is 0 Å². The van der Waals surface area contributed by atoms with Crippen molar-refractivity contribution in [2.45, 2.75) is 25.9 Å². The Kier molecular flexibility index (Phi) is 4.53.